The fraction of sp³-hybridized carbons (Fsp3) is 0.100. The number of nitrogens with one attached hydrogen (secondary N) is 1. The van der Waals surface area contributed by atoms with Crippen molar-refractivity contribution in [1.29, 1.82) is 5.26 Å². The van der Waals surface area contributed by atoms with Crippen LogP contribution in [0.4, 0.5) is 0 Å². The molecule has 3 heteroatoms. The van der Waals surface area contributed by atoms with E-state index in [-0.39, 0.29) is 6.04 Å². The van der Waals surface area contributed by atoms with Crippen molar-refractivity contribution >= 4 is 0 Å². The largest absolute Gasteiger partial charge is 0.287 e. The van der Waals surface area contributed by atoms with Gasteiger partial charge in [-0.15, -0.1) is 0 Å². The molecule has 3 rings (SSSR count). The number of nitriles is 1. The first-order chi connectivity index (χ1) is 11.4. The summed E-state index contributed by atoms with van der Waals surface area (Å²) in [5.41, 5.74) is 3.12. The van der Waals surface area contributed by atoms with Crippen LogP contribution in [0.1, 0.15) is 28.8 Å². The summed E-state index contributed by atoms with van der Waals surface area (Å²) >= 11 is 0. The lowest BCUT2D eigenvalue weighted by atomic mass is 9.97. The molecule has 0 spiro atoms. The van der Waals surface area contributed by atoms with Crippen LogP contribution in [0.15, 0.2) is 85.2 Å². The Morgan fingerprint density at radius 3 is 1.83 bits per heavy atom. The third-order valence-corrected chi connectivity index (χ3v) is 3.75. The van der Waals surface area contributed by atoms with E-state index in [1.807, 2.05) is 48.5 Å². The molecule has 0 bridgehead atoms. The first kappa shape index (κ1) is 15.0. The summed E-state index contributed by atoms with van der Waals surface area (Å²) in [4.78, 5) is 4.12. The summed E-state index contributed by atoms with van der Waals surface area (Å²) in [6, 6.07) is 26.0. The number of benzene rings is 2. The highest BCUT2D eigenvalue weighted by molar-refractivity contribution is 5.33. The van der Waals surface area contributed by atoms with E-state index < -0.39 is 6.04 Å². The summed E-state index contributed by atoms with van der Waals surface area (Å²) in [7, 11) is 0. The average Bonchev–Trinajstić information content (AvgIpc) is 2.65. The normalized spacial score (nSPS) is 11.8. The van der Waals surface area contributed by atoms with E-state index in [9.17, 15) is 5.26 Å². The van der Waals surface area contributed by atoms with E-state index in [1.165, 1.54) is 0 Å². The lowest BCUT2D eigenvalue weighted by molar-refractivity contribution is 0.558. The standard InChI is InChI=1S/C20H17N3/c21-14-19(18-12-7-13-22-15-18)23-20(16-8-3-1-4-9-16)17-10-5-2-6-11-17/h1-13,15,19-20,23H/t19-/m0/s1. The zero-order valence-corrected chi connectivity index (χ0v) is 12.6. The summed E-state index contributed by atoms with van der Waals surface area (Å²) in [6.45, 7) is 0. The van der Waals surface area contributed by atoms with Gasteiger partial charge in [0.25, 0.3) is 0 Å². The van der Waals surface area contributed by atoms with Gasteiger partial charge >= 0.3 is 0 Å². The summed E-state index contributed by atoms with van der Waals surface area (Å²) in [6.07, 6.45) is 3.44. The molecule has 1 atom stereocenters. The monoisotopic (exact) mass is 299 g/mol. The van der Waals surface area contributed by atoms with Crippen molar-refractivity contribution < 1.29 is 0 Å². The highest BCUT2D eigenvalue weighted by Gasteiger charge is 2.19. The molecular formula is C20H17N3. The molecule has 0 aliphatic rings. The zero-order chi connectivity index (χ0) is 15.9. The van der Waals surface area contributed by atoms with Crippen LogP contribution in [-0.4, -0.2) is 4.98 Å². The second-order valence-electron chi connectivity index (χ2n) is 5.27. The smallest absolute Gasteiger partial charge is 0.123 e. The molecule has 2 aromatic carbocycles. The van der Waals surface area contributed by atoms with Gasteiger partial charge in [0.2, 0.25) is 0 Å². The predicted octanol–water partition coefficient (Wildman–Crippen LogP) is 4.03. The van der Waals surface area contributed by atoms with Gasteiger partial charge in [-0.05, 0) is 17.2 Å². The van der Waals surface area contributed by atoms with Crippen molar-refractivity contribution in [1.82, 2.24) is 10.3 Å². The van der Waals surface area contributed by atoms with Crippen LogP contribution in [0.25, 0.3) is 0 Å². The Bertz CT molecular complexity index is 725. The molecule has 0 aliphatic heterocycles. The molecular weight excluding hydrogens is 282 g/mol. The van der Waals surface area contributed by atoms with Crippen molar-refractivity contribution in [3.05, 3.63) is 102 Å². The highest BCUT2D eigenvalue weighted by atomic mass is 15.0. The third kappa shape index (κ3) is 3.63. The van der Waals surface area contributed by atoms with Gasteiger partial charge in [0.15, 0.2) is 0 Å². The lowest BCUT2D eigenvalue weighted by Crippen LogP contribution is -2.26. The summed E-state index contributed by atoms with van der Waals surface area (Å²) < 4.78 is 0. The van der Waals surface area contributed by atoms with E-state index in [1.54, 1.807) is 12.4 Å². The molecule has 1 heterocycles. The maximum Gasteiger partial charge on any atom is 0.123 e. The average molecular weight is 299 g/mol. The van der Waals surface area contributed by atoms with Gasteiger partial charge < -0.3 is 0 Å². The zero-order valence-electron chi connectivity index (χ0n) is 12.6. The van der Waals surface area contributed by atoms with E-state index >= 15 is 0 Å². The molecule has 0 radical (unpaired) electrons. The first-order valence-electron chi connectivity index (χ1n) is 7.54. The minimum Gasteiger partial charge on any atom is -0.287 e. The molecule has 112 valence electrons. The Labute approximate surface area is 136 Å². The van der Waals surface area contributed by atoms with Crippen LogP contribution in [0, 0.1) is 11.3 Å². The number of hydrogen-bond donors (Lipinski definition) is 1. The third-order valence-electron chi connectivity index (χ3n) is 3.75. The molecule has 1 aromatic heterocycles. The van der Waals surface area contributed by atoms with E-state index in [4.69, 9.17) is 0 Å². The second kappa shape index (κ2) is 7.35. The van der Waals surface area contributed by atoms with E-state index in [2.05, 4.69) is 40.6 Å². The van der Waals surface area contributed by atoms with Crippen molar-refractivity contribution in [3.63, 3.8) is 0 Å². The van der Waals surface area contributed by atoms with Crippen LogP contribution >= 0.6 is 0 Å². The fourth-order valence-electron chi connectivity index (χ4n) is 2.60. The number of nitrogens with zero attached hydrogens (tertiary/aromatic N) is 2. The Kier molecular flexibility index (Phi) is 4.78. The molecule has 0 saturated carbocycles. The van der Waals surface area contributed by atoms with Crippen LogP contribution in [0.5, 0.6) is 0 Å². The first-order valence-corrected chi connectivity index (χ1v) is 7.54. The van der Waals surface area contributed by atoms with Gasteiger partial charge in [0, 0.05) is 18.0 Å². The topological polar surface area (TPSA) is 48.7 Å². The van der Waals surface area contributed by atoms with E-state index in [0.29, 0.717) is 0 Å². The minimum absolute atomic E-state index is 0.0535. The van der Waals surface area contributed by atoms with Gasteiger partial charge in [-0.3, -0.25) is 10.3 Å². The molecule has 0 unspecified atom stereocenters. The van der Waals surface area contributed by atoms with Crippen LogP contribution < -0.4 is 5.32 Å². The quantitative estimate of drug-likeness (QED) is 0.774. The molecule has 0 aliphatic carbocycles. The Morgan fingerprint density at radius 2 is 1.35 bits per heavy atom. The molecule has 0 fully saturated rings. The maximum absolute atomic E-state index is 9.58. The van der Waals surface area contributed by atoms with Crippen molar-refractivity contribution in [2.24, 2.45) is 0 Å². The van der Waals surface area contributed by atoms with Crippen molar-refractivity contribution in [2.75, 3.05) is 0 Å². The highest BCUT2D eigenvalue weighted by Crippen LogP contribution is 2.25. The number of rotatable bonds is 5. The molecule has 3 aromatic rings. The predicted molar refractivity (Wildman–Crippen MR) is 90.5 cm³/mol. The van der Waals surface area contributed by atoms with Gasteiger partial charge in [-0.2, -0.15) is 5.26 Å². The Hall–Kier alpha value is -2.96. The minimum atomic E-state index is -0.422. The molecule has 23 heavy (non-hydrogen) atoms. The SMILES string of the molecule is N#C[C@H](NC(c1ccccc1)c1ccccc1)c1cccnc1. The number of aromatic nitrogens is 1. The molecule has 0 amide bonds. The Morgan fingerprint density at radius 1 is 0.783 bits per heavy atom. The van der Waals surface area contributed by atoms with Gasteiger partial charge in [-0.25, -0.2) is 0 Å². The maximum atomic E-state index is 9.58. The van der Waals surface area contributed by atoms with E-state index in [0.717, 1.165) is 16.7 Å². The number of pyridine rings is 1. The van der Waals surface area contributed by atoms with Crippen LogP contribution in [0.3, 0.4) is 0 Å². The number of hydrogen-bond acceptors (Lipinski definition) is 3. The fourth-order valence-corrected chi connectivity index (χ4v) is 2.60. The Balaban J connectivity index is 1.95. The lowest BCUT2D eigenvalue weighted by Gasteiger charge is -2.23. The molecule has 3 nitrogen and oxygen atoms in total. The molecule has 1 N–H and O–H groups in total. The van der Waals surface area contributed by atoms with Gasteiger partial charge in [-0.1, -0.05) is 66.7 Å². The van der Waals surface area contributed by atoms with Crippen LogP contribution in [-0.2, 0) is 0 Å². The summed E-state index contributed by atoms with van der Waals surface area (Å²) in [5, 5.41) is 13.0. The molecule has 0 saturated heterocycles. The van der Waals surface area contributed by atoms with Gasteiger partial charge in [0.1, 0.15) is 6.04 Å². The summed E-state index contributed by atoms with van der Waals surface area (Å²) in [5.74, 6) is 0. The van der Waals surface area contributed by atoms with Gasteiger partial charge in [0.05, 0.1) is 12.1 Å². The van der Waals surface area contributed by atoms with Crippen molar-refractivity contribution in [2.45, 2.75) is 12.1 Å². The second-order valence-corrected chi connectivity index (χ2v) is 5.27. The van der Waals surface area contributed by atoms with Crippen LogP contribution in [0.2, 0.25) is 0 Å². The van der Waals surface area contributed by atoms with Crippen molar-refractivity contribution in [3.8, 4) is 6.07 Å².